The summed E-state index contributed by atoms with van der Waals surface area (Å²) in [6, 6.07) is 13.3. The lowest BCUT2D eigenvalue weighted by atomic mass is 9.92. The first-order valence-corrected chi connectivity index (χ1v) is 8.79. The summed E-state index contributed by atoms with van der Waals surface area (Å²) >= 11 is 0. The van der Waals surface area contributed by atoms with Crippen molar-refractivity contribution < 1.29 is 19.4 Å². The van der Waals surface area contributed by atoms with Crippen LogP contribution in [0.3, 0.4) is 0 Å². The number of benzene rings is 2. The van der Waals surface area contributed by atoms with E-state index in [9.17, 15) is 14.7 Å². The van der Waals surface area contributed by atoms with Gasteiger partial charge in [0.15, 0.2) is 11.5 Å². The molecule has 1 aliphatic heterocycles. The third-order valence-electron chi connectivity index (χ3n) is 4.59. The number of amides is 1. The molecule has 0 fully saturated rings. The van der Waals surface area contributed by atoms with Gasteiger partial charge < -0.3 is 14.7 Å². The highest BCUT2D eigenvalue weighted by molar-refractivity contribution is 6.10. The Bertz CT molecular complexity index is 926. The normalized spacial score (nSPS) is 15.5. The molecular formula is C22H23NO4. The highest BCUT2D eigenvalue weighted by atomic mass is 16.5. The van der Waals surface area contributed by atoms with E-state index in [-0.39, 0.29) is 18.2 Å². The number of hydrogen-bond acceptors (Lipinski definition) is 3. The first kappa shape index (κ1) is 18.7. The fourth-order valence-corrected chi connectivity index (χ4v) is 2.85. The number of hydrogen-bond donors (Lipinski definition) is 1. The highest BCUT2D eigenvalue weighted by Crippen LogP contribution is 2.38. The number of aliphatic carboxylic acids is 1. The molecule has 0 saturated heterocycles. The van der Waals surface area contributed by atoms with Gasteiger partial charge >= 0.3 is 5.97 Å². The molecule has 27 heavy (non-hydrogen) atoms. The predicted molar refractivity (Wildman–Crippen MR) is 105 cm³/mol. The van der Waals surface area contributed by atoms with Crippen molar-refractivity contribution in [3.8, 4) is 5.75 Å². The number of fused-ring (bicyclic) bond motifs is 1. The van der Waals surface area contributed by atoms with Gasteiger partial charge in [0, 0.05) is 6.54 Å². The topological polar surface area (TPSA) is 66.8 Å². The maximum absolute atomic E-state index is 13.1. The smallest absolute Gasteiger partial charge is 0.310 e. The van der Waals surface area contributed by atoms with Gasteiger partial charge in [0.1, 0.15) is 0 Å². The number of ether oxygens (including phenoxy) is 1. The summed E-state index contributed by atoms with van der Waals surface area (Å²) < 4.78 is 5.86. The molecule has 0 bridgehead atoms. The quantitative estimate of drug-likeness (QED) is 0.826. The number of rotatable bonds is 4. The molecular weight excluding hydrogens is 342 g/mol. The molecule has 3 rings (SSSR count). The molecule has 2 aromatic carbocycles. The summed E-state index contributed by atoms with van der Waals surface area (Å²) in [7, 11) is 0. The number of anilines is 1. The van der Waals surface area contributed by atoms with Crippen molar-refractivity contribution >= 4 is 23.6 Å². The molecule has 140 valence electrons. The molecule has 0 radical (unpaired) electrons. The Morgan fingerprint density at radius 2 is 1.74 bits per heavy atom. The zero-order valence-corrected chi connectivity index (χ0v) is 15.9. The standard InChI is InChI=1S/C22H23NO4/c1-14-5-8-16(9-6-14)12-19-20(24)23(13-22(3,4)21(25)26)17-11-15(2)7-10-18(17)27-19/h5-12H,13H2,1-4H3,(H,25,26)/b19-12+. The molecule has 0 spiro atoms. The number of carbonyl (C=O) groups is 2. The van der Waals surface area contributed by atoms with Crippen LogP contribution in [0.5, 0.6) is 5.75 Å². The number of carboxylic acid groups (broad SMARTS) is 1. The predicted octanol–water partition coefficient (Wildman–Crippen LogP) is 4.18. The zero-order chi connectivity index (χ0) is 19.8. The van der Waals surface area contributed by atoms with E-state index in [4.69, 9.17) is 4.74 Å². The van der Waals surface area contributed by atoms with E-state index in [1.54, 1.807) is 26.0 Å². The van der Waals surface area contributed by atoms with Crippen LogP contribution < -0.4 is 9.64 Å². The van der Waals surface area contributed by atoms with Crippen molar-refractivity contribution in [3.63, 3.8) is 0 Å². The van der Waals surface area contributed by atoms with E-state index < -0.39 is 11.4 Å². The van der Waals surface area contributed by atoms with Gasteiger partial charge in [0.05, 0.1) is 11.1 Å². The first-order valence-electron chi connectivity index (χ1n) is 8.79. The molecule has 0 aromatic heterocycles. The minimum atomic E-state index is -1.09. The maximum Gasteiger partial charge on any atom is 0.310 e. The lowest BCUT2D eigenvalue weighted by molar-refractivity contribution is -0.146. The molecule has 0 unspecified atom stereocenters. The Morgan fingerprint density at radius 1 is 1.11 bits per heavy atom. The van der Waals surface area contributed by atoms with E-state index in [2.05, 4.69) is 0 Å². The van der Waals surface area contributed by atoms with Crippen molar-refractivity contribution in [1.82, 2.24) is 0 Å². The summed E-state index contributed by atoms with van der Waals surface area (Å²) in [4.78, 5) is 26.2. The van der Waals surface area contributed by atoms with Crippen LogP contribution in [0.4, 0.5) is 5.69 Å². The van der Waals surface area contributed by atoms with E-state index >= 15 is 0 Å². The van der Waals surface area contributed by atoms with Crippen LogP contribution in [0.15, 0.2) is 48.2 Å². The lowest BCUT2D eigenvalue weighted by Gasteiger charge is -2.34. The monoisotopic (exact) mass is 365 g/mol. The minimum absolute atomic E-state index is 0.0478. The summed E-state index contributed by atoms with van der Waals surface area (Å²) in [5, 5.41) is 9.50. The Kier molecular flexibility index (Phi) is 4.79. The van der Waals surface area contributed by atoms with Crippen LogP contribution in [0.25, 0.3) is 6.08 Å². The van der Waals surface area contributed by atoms with E-state index in [1.165, 1.54) is 4.90 Å². The molecule has 0 atom stereocenters. The van der Waals surface area contributed by atoms with Gasteiger partial charge in [-0.25, -0.2) is 0 Å². The summed E-state index contributed by atoms with van der Waals surface area (Å²) in [5.74, 6) is -0.584. The second kappa shape index (κ2) is 6.91. The van der Waals surface area contributed by atoms with Crippen LogP contribution in [0.2, 0.25) is 0 Å². The molecule has 5 heteroatoms. The fourth-order valence-electron chi connectivity index (χ4n) is 2.85. The second-order valence-corrected chi connectivity index (χ2v) is 7.57. The van der Waals surface area contributed by atoms with Gasteiger partial charge in [-0.2, -0.15) is 0 Å². The van der Waals surface area contributed by atoms with Gasteiger partial charge in [-0.3, -0.25) is 9.59 Å². The largest absolute Gasteiger partial charge is 0.481 e. The van der Waals surface area contributed by atoms with Crippen molar-refractivity contribution in [2.45, 2.75) is 27.7 Å². The average Bonchev–Trinajstić information content (AvgIpc) is 2.61. The molecule has 1 N–H and O–H groups in total. The van der Waals surface area contributed by atoms with Crippen LogP contribution in [-0.4, -0.2) is 23.5 Å². The summed E-state index contributed by atoms with van der Waals surface area (Å²) in [6.45, 7) is 7.18. The van der Waals surface area contributed by atoms with Gasteiger partial charge in [-0.1, -0.05) is 35.9 Å². The maximum atomic E-state index is 13.1. The number of aryl methyl sites for hydroxylation is 2. The van der Waals surface area contributed by atoms with E-state index in [1.807, 2.05) is 50.2 Å². The Labute approximate surface area is 158 Å². The Hall–Kier alpha value is -3.08. The third kappa shape index (κ3) is 3.87. The molecule has 2 aromatic rings. The van der Waals surface area contributed by atoms with Crippen LogP contribution in [-0.2, 0) is 9.59 Å². The van der Waals surface area contributed by atoms with Crippen molar-refractivity contribution in [2.24, 2.45) is 5.41 Å². The van der Waals surface area contributed by atoms with Gasteiger partial charge in [0.2, 0.25) is 0 Å². The van der Waals surface area contributed by atoms with Crippen LogP contribution in [0, 0.1) is 19.3 Å². The highest BCUT2D eigenvalue weighted by Gasteiger charge is 2.37. The molecule has 0 saturated carbocycles. The zero-order valence-electron chi connectivity index (χ0n) is 15.9. The van der Waals surface area contributed by atoms with Crippen LogP contribution in [0.1, 0.15) is 30.5 Å². The van der Waals surface area contributed by atoms with Crippen molar-refractivity contribution in [2.75, 3.05) is 11.4 Å². The van der Waals surface area contributed by atoms with Crippen LogP contribution >= 0.6 is 0 Å². The summed E-state index contributed by atoms with van der Waals surface area (Å²) in [5.41, 5.74) is 2.43. The van der Waals surface area contributed by atoms with Gasteiger partial charge in [0.25, 0.3) is 5.91 Å². The molecule has 1 heterocycles. The van der Waals surface area contributed by atoms with Gasteiger partial charge in [-0.15, -0.1) is 0 Å². The number of carboxylic acids is 1. The third-order valence-corrected chi connectivity index (χ3v) is 4.59. The van der Waals surface area contributed by atoms with E-state index in [0.717, 1.165) is 16.7 Å². The second-order valence-electron chi connectivity index (χ2n) is 7.57. The van der Waals surface area contributed by atoms with Crippen molar-refractivity contribution in [3.05, 3.63) is 64.9 Å². The van der Waals surface area contributed by atoms with Crippen molar-refractivity contribution in [1.29, 1.82) is 0 Å². The Morgan fingerprint density at radius 3 is 2.37 bits per heavy atom. The number of carbonyl (C=O) groups excluding carboxylic acids is 1. The first-order chi connectivity index (χ1) is 12.7. The lowest BCUT2D eigenvalue weighted by Crippen LogP contribution is -2.45. The van der Waals surface area contributed by atoms with Gasteiger partial charge in [-0.05, 0) is 57.0 Å². The SMILES string of the molecule is Cc1ccc(/C=C2/Oc3ccc(C)cc3N(CC(C)(C)C(=O)O)C2=O)cc1. The summed E-state index contributed by atoms with van der Waals surface area (Å²) in [6.07, 6.45) is 1.69. The minimum Gasteiger partial charge on any atom is -0.481 e. The fraction of sp³-hybridized carbons (Fsp3) is 0.273. The average molecular weight is 365 g/mol. The molecule has 5 nitrogen and oxygen atoms in total. The Balaban J connectivity index is 2.05. The molecule has 0 aliphatic carbocycles. The molecule has 1 amide bonds. The number of nitrogens with zero attached hydrogens (tertiary/aromatic N) is 1. The van der Waals surface area contributed by atoms with E-state index in [0.29, 0.717) is 11.4 Å². The molecule has 1 aliphatic rings.